The zero-order valence-electron chi connectivity index (χ0n) is 7.36. The molecule has 2 rings (SSSR count). The number of aromatic carboxylic acids is 1. The molecule has 1 N–H and O–H groups in total. The molecule has 5 heteroatoms. The highest BCUT2D eigenvalue weighted by molar-refractivity contribution is 9.10. The molecule has 72 valence electrons. The molecule has 4 nitrogen and oxygen atoms in total. The molecule has 0 atom stereocenters. The average Bonchev–Trinajstić information content (AvgIpc) is 2.46. The van der Waals surface area contributed by atoms with Gasteiger partial charge in [-0.2, -0.15) is 5.10 Å². The van der Waals surface area contributed by atoms with Crippen LogP contribution in [0.3, 0.4) is 0 Å². The number of benzene rings is 1. The maximum atomic E-state index is 10.8. The Hall–Kier alpha value is -1.36. The zero-order chi connectivity index (χ0) is 10.3. The molecule has 1 aromatic carbocycles. The van der Waals surface area contributed by atoms with E-state index < -0.39 is 5.97 Å². The molecule has 0 aliphatic rings. The molecule has 0 unspecified atom stereocenters. The number of carboxylic acid groups (broad SMARTS) is 1. The van der Waals surface area contributed by atoms with Crippen LogP contribution in [0.5, 0.6) is 0 Å². The maximum Gasteiger partial charge on any atom is 0.336 e. The van der Waals surface area contributed by atoms with Crippen molar-refractivity contribution in [3.8, 4) is 0 Å². The Morgan fingerprint density at radius 2 is 2.29 bits per heavy atom. The van der Waals surface area contributed by atoms with Crippen LogP contribution in [-0.4, -0.2) is 20.9 Å². The van der Waals surface area contributed by atoms with Crippen molar-refractivity contribution < 1.29 is 9.90 Å². The van der Waals surface area contributed by atoms with Gasteiger partial charge in [-0.1, -0.05) is 6.07 Å². The summed E-state index contributed by atoms with van der Waals surface area (Å²) >= 11 is 3.24. The Balaban J connectivity index is 2.80. The zero-order valence-corrected chi connectivity index (χ0v) is 8.95. The minimum Gasteiger partial charge on any atom is -0.478 e. The molecule has 0 aliphatic heterocycles. The van der Waals surface area contributed by atoms with Crippen LogP contribution in [0.15, 0.2) is 22.8 Å². The van der Waals surface area contributed by atoms with E-state index in [1.165, 1.54) is 0 Å². The fourth-order valence-corrected chi connectivity index (χ4v) is 1.95. The number of aromatic nitrogens is 2. The summed E-state index contributed by atoms with van der Waals surface area (Å²) in [5, 5.41) is 14.0. The molecule has 0 aliphatic carbocycles. The molecule has 1 aromatic heterocycles. The predicted molar refractivity (Wildman–Crippen MR) is 55.4 cm³/mol. The van der Waals surface area contributed by atoms with E-state index >= 15 is 0 Å². The van der Waals surface area contributed by atoms with Crippen LogP contribution in [0.1, 0.15) is 10.4 Å². The number of hydrogen-bond donors (Lipinski definition) is 1. The topological polar surface area (TPSA) is 55.1 Å². The quantitative estimate of drug-likeness (QED) is 0.848. The van der Waals surface area contributed by atoms with Crippen LogP contribution in [0.4, 0.5) is 0 Å². The highest BCUT2D eigenvalue weighted by Crippen LogP contribution is 2.26. The fraction of sp³-hybridized carbons (Fsp3) is 0.111. The highest BCUT2D eigenvalue weighted by Gasteiger charge is 2.12. The number of halogens is 1. The van der Waals surface area contributed by atoms with Crippen molar-refractivity contribution in [2.45, 2.75) is 0 Å². The molecule has 0 bridgehead atoms. The minimum atomic E-state index is -0.954. The first-order valence-electron chi connectivity index (χ1n) is 3.95. The van der Waals surface area contributed by atoms with Crippen molar-refractivity contribution in [3.05, 3.63) is 28.4 Å². The van der Waals surface area contributed by atoms with E-state index in [1.54, 1.807) is 23.9 Å². The monoisotopic (exact) mass is 254 g/mol. The van der Waals surface area contributed by atoms with Crippen LogP contribution in [0.2, 0.25) is 0 Å². The smallest absolute Gasteiger partial charge is 0.336 e. The summed E-state index contributed by atoms with van der Waals surface area (Å²) < 4.78 is 2.18. The molecular formula is C9H7BrN2O2. The number of fused-ring (bicyclic) bond motifs is 1. The van der Waals surface area contributed by atoms with Crippen LogP contribution in [0.25, 0.3) is 10.9 Å². The summed E-state index contributed by atoms with van der Waals surface area (Å²) in [7, 11) is 1.80. The first kappa shape index (κ1) is 9.21. The normalized spacial score (nSPS) is 10.7. The average molecular weight is 255 g/mol. The number of carbonyl (C=O) groups is 1. The standard InChI is InChI=1S/C9H7BrN2O2/c1-12-4-5-2-3-6(9(13)14)7(10)8(5)11-12/h2-4H,1H3,(H,13,14). The van der Waals surface area contributed by atoms with Gasteiger partial charge in [0.1, 0.15) is 5.52 Å². The van der Waals surface area contributed by atoms with Crippen molar-refractivity contribution in [2.24, 2.45) is 7.05 Å². The van der Waals surface area contributed by atoms with E-state index in [4.69, 9.17) is 5.11 Å². The molecule has 0 radical (unpaired) electrons. The van der Waals surface area contributed by atoms with Crippen LogP contribution in [0, 0.1) is 0 Å². The van der Waals surface area contributed by atoms with Gasteiger partial charge in [0.05, 0.1) is 10.0 Å². The van der Waals surface area contributed by atoms with Gasteiger partial charge in [0.15, 0.2) is 0 Å². The Kier molecular flexibility index (Phi) is 2.03. The van der Waals surface area contributed by atoms with E-state index in [-0.39, 0.29) is 5.56 Å². The molecule has 2 aromatic rings. The van der Waals surface area contributed by atoms with Gasteiger partial charge in [0, 0.05) is 18.6 Å². The SMILES string of the molecule is Cn1cc2ccc(C(=O)O)c(Br)c2n1. The first-order valence-corrected chi connectivity index (χ1v) is 4.74. The minimum absolute atomic E-state index is 0.233. The van der Waals surface area contributed by atoms with Crippen LogP contribution in [-0.2, 0) is 7.05 Å². The Morgan fingerprint density at radius 3 is 2.93 bits per heavy atom. The second-order valence-electron chi connectivity index (χ2n) is 2.97. The summed E-state index contributed by atoms with van der Waals surface area (Å²) in [6.07, 6.45) is 1.84. The van der Waals surface area contributed by atoms with Gasteiger partial charge < -0.3 is 5.11 Å². The molecule has 0 amide bonds. The number of rotatable bonds is 1. The van der Waals surface area contributed by atoms with E-state index in [0.29, 0.717) is 9.99 Å². The lowest BCUT2D eigenvalue weighted by molar-refractivity contribution is 0.0696. The summed E-state index contributed by atoms with van der Waals surface area (Å²) in [6.45, 7) is 0. The summed E-state index contributed by atoms with van der Waals surface area (Å²) in [5.41, 5.74) is 0.906. The number of carboxylic acids is 1. The van der Waals surface area contributed by atoms with E-state index in [1.807, 2.05) is 6.20 Å². The molecule has 0 spiro atoms. The van der Waals surface area contributed by atoms with Crippen LogP contribution >= 0.6 is 15.9 Å². The van der Waals surface area contributed by atoms with Gasteiger partial charge >= 0.3 is 5.97 Å². The van der Waals surface area contributed by atoms with Crippen LogP contribution < -0.4 is 0 Å². The Morgan fingerprint density at radius 1 is 1.57 bits per heavy atom. The van der Waals surface area contributed by atoms with Crippen molar-refractivity contribution in [2.75, 3.05) is 0 Å². The third kappa shape index (κ3) is 1.29. The number of aryl methyl sites for hydroxylation is 1. The summed E-state index contributed by atoms with van der Waals surface area (Å²) in [5.74, 6) is -0.954. The van der Waals surface area contributed by atoms with E-state index in [0.717, 1.165) is 5.39 Å². The summed E-state index contributed by atoms with van der Waals surface area (Å²) in [6, 6.07) is 3.31. The molecule has 0 saturated heterocycles. The molecule has 0 saturated carbocycles. The van der Waals surface area contributed by atoms with E-state index in [9.17, 15) is 4.79 Å². The number of nitrogens with zero attached hydrogens (tertiary/aromatic N) is 2. The third-order valence-corrected chi connectivity index (χ3v) is 2.76. The van der Waals surface area contributed by atoms with Gasteiger partial charge in [0.2, 0.25) is 0 Å². The van der Waals surface area contributed by atoms with E-state index in [2.05, 4.69) is 21.0 Å². The van der Waals surface area contributed by atoms with Gasteiger partial charge in [-0.05, 0) is 22.0 Å². The van der Waals surface area contributed by atoms with Gasteiger partial charge in [-0.25, -0.2) is 4.79 Å². The van der Waals surface area contributed by atoms with Gasteiger partial charge in [-0.15, -0.1) is 0 Å². The molecule has 0 fully saturated rings. The highest BCUT2D eigenvalue weighted by atomic mass is 79.9. The lowest BCUT2D eigenvalue weighted by atomic mass is 10.2. The predicted octanol–water partition coefficient (Wildman–Crippen LogP) is 2.03. The van der Waals surface area contributed by atoms with Crippen molar-refractivity contribution in [1.82, 2.24) is 9.78 Å². The fourth-order valence-electron chi connectivity index (χ4n) is 1.34. The summed E-state index contributed by atoms with van der Waals surface area (Å²) in [4.78, 5) is 10.8. The lowest BCUT2D eigenvalue weighted by Crippen LogP contribution is -1.97. The largest absolute Gasteiger partial charge is 0.478 e. The van der Waals surface area contributed by atoms with Crippen molar-refractivity contribution >= 4 is 32.8 Å². The van der Waals surface area contributed by atoms with Gasteiger partial charge in [-0.3, -0.25) is 4.68 Å². The second-order valence-corrected chi connectivity index (χ2v) is 3.77. The lowest BCUT2D eigenvalue weighted by Gasteiger charge is -1.98. The Labute approximate surface area is 88.3 Å². The number of hydrogen-bond acceptors (Lipinski definition) is 2. The Bertz CT molecular complexity index is 519. The molecular weight excluding hydrogens is 248 g/mol. The van der Waals surface area contributed by atoms with Gasteiger partial charge in [0.25, 0.3) is 0 Å². The van der Waals surface area contributed by atoms with Crippen molar-refractivity contribution in [1.29, 1.82) is 0 Å². The maximum absolute atomic E-state index is 10.8. The third-order valence-electron chi connectivity index (χ3n) is 1.96. The molecule has 1 heterocycles. The second kappa shape index (κ2) is 3.09. The first-order chi connectivity index (χ1) is 6.59. The van der Waals surface area contributed by atoms with Crippen molar-refractivity contribution in [3.63, 3.8) is 0 Å². The molecule has 14 heavy (non-hydrogen) atoms.